The highest BCUT2D eigenvalue weighted by Crippen LogP contribution is 2.35. The van der Waals surface area contributed by atoms with E-state index in [2.05, 4.69) is 21.9 Å². The van der Waals surface area contributed by atoms with Gasteiger partial charge in [-0.05, 0) is 45.2 Å². The smallest absolute Gasteiger partial charge is 0.259 e. The normalized spacial score (nSPS) is 18.5. The number of benzene rings is 1. The van der Waals surface area contributed by atoms with E-state index >= 15 is 0 Å². The van der Waals surface area contributed by atoms with Crippen LogP contribution in [0.2, 0.25) is 0 Å². The Kier molecular flexibility index (Phi) is 10.2. The van der Waals surface area contributed by atoms with Gasteiger partial charge in [0.2, 0.25) is 0 Å². The molecule has 3 aromatic rings. The highest BCUT2D eigenvalue weighted by atomic mass is 35.5. The van der Waals surface area contributed by atoms with E-state index < -0.39 is 0 Å². The number of piperazine rings is 1. The molecule has 1 saturated carbocycles. The lowest BCUT2D eigenvalue weighted by Gasteiger charge is -2.40. The number of aromatic nitrogens is 3. The lowest BCUT2D eigenvalue weighted by molar-refractivity contribution is 0.0503. The van der Waals surface area contributed by atoms with Gasteiger partial charge in [0.05, 0.1) is 41.3 Å². The van der Waals surface area contributed by atoms with Crippen LogP contribution in [0.3, 0.4) is 0 Å². The SMILES string of the molecule is C.COCCCCN1CCN(C(=O)c2cc3c(cc2OC)[nH]c(=O)c2cnn(C4CCCC4)c23)C[C@@H]1C.Cl. The molecular formula is C28H42ClN5O4. The van der Waals surface area contributed by atoms with Gasteiger partial charge in [0.1, 0.15) is 5.75 Å². The Morgan fingerprint density at radius 3 is 2.58 bits per heavy atom. The summed E-state index contributed by atoms with van der Waals surface area (Å²) in [5.74, 6) is 0.440. The lowest BCUT2D eigenvalue weighted by atomic mass is 10.0. The summed E-state index contributed by atoms with van der Waals surface area (Å²) in [4.78, 5) is 33.9. The van der Waals surface area contributed by atoms with Crippen LogP contribution in [0.1, 0.15) is 69.3 Å². The first-order valence-electron chi connectivity index (χ1n) is 13.1. The van der Waals surface area contributed by atoms with E-state index in [1.165, 1.54) is 12.8 Å². The monoisotopic (exact) mass is 547 g/mol. The van der Waals surface area contributed by atoms with Crippen molar-refractivity contribution in [1.29, 1.82) is 0 Å². The Hall–Kier alpha value is -2.62. The van der Waals surface area contributed by atoms with E-state index in [1.807, 2.05) is 15.6 Å². The molecule has 1 aliphatic heterocycles. The number of nitrogens with one attached hydrogen (secondary N) is 1. The average molecular weight is 548 g/mol. The van der Waals surface area contributed by atoms with Gasteiger partial charge in [0.25, 0.3) is 11.5 Å². The van der Waals surface area contributed by atoms with E-state index in [0.717, 1.165) is 56.3 Å². The quantitative estimate of drug-likeness (QED) is 0.413. The second kappa shape index (κ2) is 13.0. The molecule has 10 heteroatoms. The maximum absolute atomic E-state index is 13.8. The Morgan fingerprint density at radius 2 is 1.89 bits per heavy atom. The lowest BCUT2D eigenvalue weighted by Crippen LogP contribution is -2.53. The molecule has 1 atom stereocenters. The maximum Gasteiger partial charge on any atom is 0.259 e. The van der Waals surface area contributed by atoms with Crippen LogP contribution in [-0.4, -0.2) is 83.5 Å². The number of rotatable bonds is 8. The zero-order valence-corrected chi connectivity index (χ0v) is 22.8. The van der Waals surface area contributed by atoms with Crippen LogP contribution in [0, 0.1) is 0 Å². The minimum absolute atomic E-state index is 0. The maximum atomic E-state index is 13.8. The first-order valence-corrected chi connectivity index (χ1v) is 13.1. The van der Waals surface area contributed by atoms with Crippen LogP contribution >= 0.6 is 12.4 Å². The molecule has 2 aromatic heterocycles. The minimum atomic E-state index is -0.168. The summed E-state index contributed by atoms with van der Waals surface area (Å²) in [5.41, 5.74) is 1.83. The largest absolute Gasteiger partial charge is 0.496 e. The third-order valence-electron chi connectivity index (χ3n) is 7.88. The molecule has 1 saturated heterocycles. The zero-order valence-electron chi connectivity index (χ0n) is 22.0. The molecule has 2 fully saturated rings. The van der Waals surface area contributed by atoms with Gasteiger partial charge in [-0.25, -0.2) is 0 Å². The van der Waals surface area contributed by atoms with Crippen molar-refractivity contribution in [3.05, 3.63) is 34.2 Å². The van der Waals surface area contributed by atoms with E-state index in [-0.39, 0.29) is 43.4 Å². The number of ether oxygens (including phenoxy) is 2. The number of halogens is 1. The van der Waals surface area contributed by atoms with Gasteiger partial charge in [0.15, 0.2) is 0 Å². The predicted octanol–water partition coefficient (Wildman–Crippen LogP) is 4.63. The zero-order chi connectivity index (χ0) is 25.2. The Bertz CT molecular complexity index is 1300. The second-order valence-corrected chi connectivity index (χ2v) is 10.2. The Morgan fingerprint density at radius 1 is 1.13 bits per heavy atom. The molecule has 1 N–H and O–H groups in total. The third kappa shape index (κ3) is 5.70. The first-order chi connectivity index (χ1) is 17.5. The number of methoxy groups -OCH3 is 2. The molecule has 1 aliphatic carbocycles. The summed E-state index contributed by atoms with van der Waals surface area (Å²) in [7, 11) is 3.30. The number of H-pyrrole nitrogens is 1. The number of pyridine rings is 1. The van der Waals surface area contributed by atoms with Crippen LogP contribution in [-0.2, 0) is 4.74 Å². The molecule has 1 aromatic carbocycles. The van der Waals surface area contributed by atoms with Gasteiger partial charge in [0, 0.05) is 50.8 Å². The average Bonchev–Trinajstić information content (AvgIpc) is 3.57. The van der Waals surface area contributed by atoms with Crippen molar-refractivity contribution in [2.24, 2.45) is 0 Å². The minimum Gasteiger partial charge on any atom is -0.496 e. The standard InChI is InChI=1S/C27H37N5O4.CH4.ClH/c1-18-17-31(12-11-30(18)10-6-7-13-35-2)27(34)21-14-20-23(15-24(21)36-3)29-26(33)22-16-28-32(25(20)22)19-8-4-5-9-19;;/h14-16,18-19H,4-13,17H2,1-3H3,(H,29,33);1H4;1H/t18-;;/m0../s1. The number of hydrogen-bond donors (Lipinski definition) is 1. The van der Waals surface area contributed by atoms with Crippen molar-refractivity contribution in [3.63, 3.8) is 0 Å². The number of aromatic amines is 1. The van der Waals surface area contributed by atoms with Gasteiger partial charge in [-0.1, -0.05) is 20.3 Å². The molecule has 0 unspecified atom stereocenters. The summed E-state index contributed by atoms with van der Waals surface area (Å²) in [5, 5.41) is 6.01. The number of hydrogen-bond acceptors (Lipinski definition) is 6. The fourth-order valence-electron chi connectivity index (χ4n) is 5.87. The summed E-state index contributed by atoms with van der Waals surface area (Å²) >= 11 is 0. The molecule has 5 rings (SSSR count). The fraction of sp³-hybridized carbons (Fsp3) is 0.607. The first kappa shape index (κ1) is 29.9. The summed E-state index contributed by atoms with van der Waals surface area (Å²) in [6.45, 7) is 6.18. The highest BCUT2D eigenvalue weighted by Gasteiger charge is 2.29. The van der Waals surface area contributed by atoms with Crippen molar-refractivity contribution in [2.75, 3.05) is 47.0 Å². The fourth-order valence-corrected chi connectivity index (χ4v) is 5.87. The second-order valence-electron chi connectivity index (χ2n) is 10.2. The van der Waals surface area contributed by atoms with Crippen molar-refractivity contribution >= 4 is 40.1 Å². The predicted molar refractivity (Wildman–Crippen MR) is 154 cm³/mol. The number of unbranched alkanes of at least 4 members (excludes halogenated alkanes) is 1. The number of amides is 1. The van der Waals surface area contributed by atoms with Crippen LogP contribution in [0.15, 0.2) is 23.1 Å². The Labute approximate surface area is 230 Å². The molecule has 1 amide bonds. The van der Waals surface area contributed by atoms with Crippen molar-refractivity contribution in [3.8, 4) is 5.75 Å². The number of fused-ring (bicyclic) bond motifs is 3. The van der Waals surface area contributed by atoms with Gasteiger partial charge >= 0.3 is 0 Å². The Balaban J connectivity index is 0.00000200. The highest BCUT2D eigenvalue weighted by molar-refractivity contribution is 6.08. The molecule has 0 radical (unpaired) electrons. The van der Waals surface area contributed by atoms with E-state index in [1.54, 1.807) is 26.5 Å². The van der Waals surface area contributed by atoms with Crippen LogP contribution in [0.4, 0.5) is 0 Å². The topological polar surface area (TPSA) is 92.7 Å². The van der Waals surface area contributed by atoms with Gasteiger partial charge in [-0.2, -0.15) is 5.10 Å². The van der Waals surface area contributed by atoms with Crippen molar-refractivity contribution in [2.45, 2.75) is 65.0 Å². The van der Waals surface area contributed by atoms with Crippen LogP contribution < -0.4 is 10.3 Å². The summed E-state index contributed by atoms with van der Waals surface area (Å²) < 4.78 is 12.8. The molecular weight excluding hydrogens is 506 g/mol. The molecule has 0 bridgehead atoms. The summed E-state index contributed by atoms with van der Waals surface area (Å²) in [6, 6.07) is 4.24. The van der Waals surface area contributed by atoms with Gasteiger partial charge < -0.3 is 19.4 Å². The van der Waals surface area contributed by atoms with Gasteiger partial charge in [-0.15, -0.1) is 12.4 Å². The number of nitrogens with zero attached hydrogens (tertiary/aromatic N) is 4. The molecule has 2 aliphatic rings. The molecule has 3 heterocycles. The molecule has 0 spiro atoms. The molecule has 210 valence electrons. The van der Waals surface area contributed by atoms with Crippen LogP contribution in [0.5, 0.6) is 5.75 Å². The molecule has 9 nitrogen and oxygen atoms in total. The van der Waals surface area contributed by atoms with E-state index in [0.29, 0.717) is 35.3 Å². The van der Waals surface area contributed by atoms with Crippen molar-refractivity contribution in [1.82, 2.24) is 24.6 Å². The summed E-state index contributed by atoms with van der Waals surface area (Å²) in [6.07, 6.45) is 8.24. The van der Waals surface area contributed by atoms with E-state index in [9.17, 15) is 9.59 Å². The number of carbonyl (C=O) groups is 1. The van der Waals surface area contributed by atoms with Crippen molar-refractivity contribution < 1.29 is 14.3 Å². The number of carbonyl (C=O) groups excluding carboxylic acids is 1. The van der Waals surface area contributed by atoms with Gasteiger partial charge in [-0.3, -0.25) is 19.2 Å². The third-order valence-corrected chi connectivity index (χ3v) is 7.88. The molecule has 38 heavy (non-hydrogen) atoms. The van der Waals surface area contributed by atoms with E-state index in [4.69, 9.17) is 9.47 Å². The van der Waals surface area contributed by atoms with Crippen LogP contribution in [0.25, 0.3) is 21.8 Å².